The molecule has 0 spiro atoms. The van der Waals surface area contributed by atoms with Crippen molar-refractivity contribution >= 4 is 17.5 Å². The molecule has 0 saturated heterocycles. The lowest BCUT2D eigenvalue weighted by atomic mass is 10.1. The highest BCUT2D eigenvalue weighted by Crippen LogP contribution is 2.21. The van der Waals surface area contributed by atoms with Crippen molar-refractivity contribution in [3.63, 3.8) is 0 Å². The van der Waals surface area contributed by atoms with Crippen molar-refractivity contribution < 1.29 is 23.9 Å². The average Bonchev–Trinajstić information content (AvgIpc) is 3.00. The van der Waals surface area contributed by atoms with Crippen LogP contribution in [0.15, 0.2) is 48.5 Å². The fraction of sp³-hybridized carbons (Fsp3) is 0.576. The first-order valence-electron chi connectivity index (χ1n) is 15.1. The molecule has 0 unspecified atom stereocenters. The summed E-state index contributed by atoms with van der Waals surface area (Å²) in [5.41, 5.74) is 1.78. The van der Waals surface area contributed by atoms with E-state index in [0.717, 1.165) is 57.0 Å². The van der Waals surface area contributed by atoms with Gasteiger partial charge in [0.25, 0.3) is 11.8 Å². The molecular formula is C33H54N3O4+. The number of likely N-dealkylation sites (N-methyl/N-ethyl adjacent to an activating group) is 2. The lowest BCUT2D eigenvalue weighted by molar-refractivity contribution is -0.924. The molecule has 0 aliphatic rings. The van der Waals surface area contributed by atoms with E-state index in [0.29, 0.717) is 35.7 Å². The number of carbonyl (C=O) groups excluding carboxylic acids is 2. The molecule has 224 valence electrons. The van der Waals surface area contributed by atoms with Crippen LogP contribution in [0.1, 0.15) is 93.4 Å². The van der Waals surface area contributed by atoms with E-state index in [9.17, 15) is 9.59 Å². The Kier molecular flexibility index (Phi) is 17.6. The van der Waals surface area contributed by atoms with E-state index in [2.05, 4.69) is 33.0 Å². The molecule has 0 bridgehead atoms. The van der Waals surface area contributed by atoms with Crippen molar-refractivity contribution in [1.29, 1.82) is 0 Å². The van der Waals surface area contributed by atoms with Gasteiger partial charge in [-0.2, -0.15) is 0 Å². The maximum atomic E-state index is 13.0. The number of unbranched alkanes of at least 4 members (excludes halogenated alkanes) is 5. The van der Waals surface area contributed by atoms with Crippen LogP contribution in [0.25, 0.3) is 0 Å². The highest BCUT2D eigenvalue weighted by atomic mass is 16.5. The lowest BCUT2D eigenvalue weighted by Crippen LogP contribution is -2.52. The van der Waals surface area contributed by atoms with Gasteiger partial charge in [-0.05, 0) is 63.1 Å². The summed E-state index contributed by atoms with van der Waals surface area (Å²) in [7, 11) is 2.87. The summed E-state index contributed by atoms with van der Waals surface area (Å²) in [6.45, 7) is 14.5. The highest BCUT2D eigenvalue weighted by Gasteiger charge is 2.24. The molecule has 2 rings (SSSR count). The predicted octanol–water partition coefficient (Wildman–Crippen LogP) is 6.63. The zero-order valence-corrected chi connectivity index (χ0v) is 25.9. The summed E-state index contributed by atoms with van der Waals surface area (Å²) in [6, 6.07) is 14.5. The van der Waals surface area contributed by atoms with E-state index in [1.165, 1.54) is 25.7 Å². The smallest absolute Gasteiger partial charge is 0.259 e. The number of anilines is 1. The number of para-hydroxylation sites is 1. The molecule has 0 fully saturated rings. The summed E-state index contributed by atoms with van der Waals surface area (Å²) in [4.78, 5) is 27.8. The van der Waals surface area contributed by atoms with Crippen molar-refractivity contribution in [2.45, 2.75) is 72.6 Å². The fourth-order valence-electron chi connectivity index (χ4n) is 4.87. The molecule has 2 amide bonds. The maximum absolute atomic E-state index is 13.0. The number of benzene rings is 2. The molecule has 0 saturated carbocycles. The van der Waals surface area contributed by atoms with Crippen LogP contribution in [-0.4, -0.2) is 79.8 Å². The minimum Gasteiger partial charge on any atom is -0.493 e. The van der Waals surface area contributed by atoms with Crippen LogP contribution in [0, 0.1) is 0 Å². The highest BCUT2D eigenvalue weighted by molar-refractivity contribution is 6.06. The van der Waals surface area contributed by atoms with Gasteiger partial charge in [-0.3, -0.25) is 9.59 Å². The van der Waals surface area contributed by atoms with Gasteiger partial charge in [0.2, 0.25) is 0 Å². The number of quaternary nitrogens is 1. The van der Waals surface area contributed by atoms with Gasteiger partial charge in [-0.25, -0.2) is 0 Å². The molecule has 0 heterocycles. The summed E-state index contributed by atoms with van der Waals surface area (Å²) >= 11 is 0. The Morgan fingerprint density at radius 2 is 1.45 bits per heavy atom. The molecule has 40 heavy (non-hydrogen) atoms. The second kappa shape index (κ2) is 20.0. The van der Waals surface area contributed by atoms with E-state index < -0.39 is 0 Å². The number of rotatable bonds is 18. The van der Waals surface area contributed by atoms with Crippen LogP contribution < -0.4 is 10.1 Å². The van der Waals surface area contributed by atoms with Crippen LogP contribution in [0.4, 0.5) is 5.69 Å². The number of carbonyl (C=O) groups is 2. The summed E-state index contributed by atoms with van der Waals surface area (Å²) in [5.74, 6) is 0.380. The van der Waals surface area contributed by atoms with Gasteiger partial charge >= 0.3 is 0 Å². The third-order valence-corrected chi connectivity index (χ3v) is 7.57. The van der Waals surface area contributed by atoms with E-state index in [1.54, 1.807) is 35.2 Å². The molecular weight excluding hydrogens is 502 g/mol. The SMILES string of the molecule is CCCCCCCCOc1ccccc1C(=O)Nc1ccc(C(=O)N(C)CC[N+](CC)(CC)CCC)cc1.CO. The zero-order valence-electron chi connectivity index (χ0n) is 25.9. The number of nitrogens with one attached hydrogen (secondary N) is 1. The predicted molar refractivity (Wildman–Crippen MR) is 166 cm³/mol. The molecule has 2 aromatic carbocycles. The minimum absolute atomic E-state index is 0.00174. The number of nitrogens with zero attached hydrogens (tertiary/aromatic N) is 2. The minimum atomic E-state index is -0.219. The number of ether oxygens (including phenoxy) is 1. The van der Waals surface area contributed by atoms with Gasteiger partial charge in [0.1, 0.15) is 5.75 Å². The van der Waals surface area contributed by atoms with Crippen LogP contribution in [0.2, 0.25) is 0 Å². The van der Waals surface area contributed by atoms with Crippen molar-refractivity contribution in [1.82, 2.24) is 4.90 Å². The van der Waals surface area contributed by atoms with E-state index in [-0.39, 0.29) is 11.8 Å². The zero-order chi connectivity index (χ0) is 29.8. The molecule has 0 atom stereocenters. The number of aliphatic hydroxyl groups is 1. The van der Waals surface area contributed by atoms with Gasteiger partial charge in [0.05, 0.1) is 44.9 Å². The van der Waals surface area contributed by atoms with Gasteiger partial charge in [0.15, 0.2) is 0 Å². The largest absolute Gasteiger partial charge is 0.493 e. The van der Waals surface area contributed by atoms with Crippen LogP contribution in [0.5, 0.6) is 5.75 Å². The van der Waals surface area contributed by atoms with Gasteiger partial charge in [-0.1, -0.05) is 58.1 Å². The second-order valence-corrected chi connectivity index (χ2v) is 10.3. The monoisotopic (exact) mass is 556 g/mol. The number of hydrogen-bond donors (Lipinski definition) is 2. The first-order valence-corrected chi connectivity index (χ1v) is 15.1. The Morgan fingerprint density at radius 3 is 2.08 bits per heavy atom. The van der Waals surface area contributed by atoms with Crippen LogP contribution in [0.3, 0.4) is 0 Å². The number of aliphatic hydroxyl groups excluding tert-OH is 1. The molecule has 7 heteroatoms. The third kappa shape index (κ3) is 11.7. The van der Waals surface area contributed by atoms with Crippen LogP contribution >= 0.6 is 0 Å². The summed E-state index contributed by atoms with van der Waals surface area (Å²) < 4.78 is 6.98. The van der Waals surface area contributed by atoms with E-state index in [1.807, 2.05) is 25.2 Å². The molecule has 0 aliphatic heterocycles. The Hall–Kier alpha value is -2.90. The van der Waals surface area contributed by atoms with Crippen molar-refractivity contribution in [3.05, 3.63) is 59.7 Å². The first kappa shape index (κ1) is 35.1. The third-order valence-electron chi connectivity index (χ3n) is 7.57. The molecule has 0 aliphatic carbocycles. The standard InChI is InChI=1S/C32H49N3O3.CH4O/c1-6-10-11-12-13-16-26-38-30-18-15-14-17-29(30)31(36)33-28-21-19-27(20-22-28)32(37)34(5)23-25-35(8-3,9-4)24-7-2;1-2/h14-15,17-22H,6-13,16,23-26H2,1-5H3;2H,1H3/p+1. The topological polar surface area (TPSA) is 78.9 Å². The molecule has 2 N–H and O–H groups in total. The van der Waals surface area contributed by atoms with Crippen molar-refractivity contribution in [3.8, 4) is 5.75 Å². The number of amides is 2. The average molecular weight is 557 g/mol. The summed E-state index contributed by atoms with van der Waals surface area (Å²) in [5, 5.41) is 9.95. The molecule has 7 nitrogen and oxygen atoms in total. The maximum Gasteiger partial charge on any atom is 0.259 e. The van der Waals surface area contributed by atoms with Crippen LogP contribution in [-0.2, 0) is 0 Å². The quantitative estimate of drug-likeness (QED) is 0.160. The Balaban J connectivity index is 0.00000391. The molecule has 0 radical (unpaired) electrons. The van der Waals surface area contributed by atoms with Crippen molar-refractivity contribution in [2.75, 3.05) is 58.8 Å². The Morgan fingerprint density at radius 1 is 0.825 bits per heavy atom. The first-order chi connectivity index (χ1) is 19.4. The fourth-order valence-corrected chi connectivity index (χ4v) is 4.87. The van der Waals surface area contributed by atoms with Gasteiger partial charge in [0, 0.05) is 25.4 Å². The van der Waals surface area contributed by atoms with E-state index in [4.69, 9.17) is 9.84 Å². The molecule has 2 aromatic rings. The van der Waals surface area contributed by atoms with Crippen molar-refractivity contribution in [2.24, 2.45) is 0 Å². The Bertz CT molecular complexity index is 974. The lowest BCUT2D eigenvalue weighted by Gasteiger charge is -2.38. The number of hydrogen-bond acceptors (Lipinski definition) is 4. The summed E-state index contributed by atoms with van der Waals surface area (Å²) in [6.07, 6.45) is 8.29. The second-order valence-electron chi connectivity index (χ2n) is 10.3. The molecule has 0 aromatic heterocycles. The Labute approximate surface area is 243 Å². The van der Waals surface area contributed by atoms with E-state index >= 15 is 0 Å². The normalized spacial score (nSPS) is 10.9. The van der Waals surface area contributed by atoms with Gasteiger partial charge in [-0.15, -0.1) is 0 Å². The van der Waals surface area contributed by atoms with Gasteiger partial charge < -0.3 is 24.5 Å².